The van der Waals surface area contributed by atoms with E-state index in [1.165, 1.54) is 30.1 Å². The molecule has 0 spiro atoms. The Kier molecular flexibility index (Phi) is 4.77. The van der Waals surface area contributed by atoms with E-state index in [2.05, 4.69) is 10.3 Å². The number of nitro groups is 1. The van der Waals surface area contributed by atoms with E-state index in [1.54, 1.807) is 12.1 Å². The molecule has 1 heterocycles. The minimum absolute atomic E-state index is 0.0235. The minimum Gasteiger partial charge on any atom is -0.321 e. The standard InChI is InChI=1S/C13H10ClN3O3S/c1-21-12-5-2-8(7-15-12)16-13(18)10-4-3-9(17(19)20)6-11(10)14/h2-7H,1H3,(H,16,18). The van der Waals surface area contributed by atoms with Crippen LogP contribution in [0.4, 0.5) is 11.4 Å². The van der Waals surface area contributed by atoms with Gasteiger partial charge < -0.3 is 5.32 Å². The third kappa shape index (κ3) is 3.71. The van der Waals surface area contributed by atoms with Crippen LogP contribution in [0.25, 0.3) is 0 Å². The van der Waals surface area contributed by atoms with Crippen LogP contribution in [-0.4, -0.2) is 22.1 Å². The minimum atomic E-state index is -0.571. The number of anilines is 1. The Balaban J connectivity index is 2.17. The second-order valence-corrected chi connectivity index (χ2v) is 5.20. The summed E-state index contributed by atoms with van der Waals surface area (Å²) in [5.41, 5.74) is 0.519. The van der Waals surface area contributed by atoms with Gasteiger partial charge in [0.25, 0.3) is 11.6 Å². The van der Waals surface area contributed by atoms with Crippen molar-refractivity contribution in [1.82, 2.24) is 4.98 Å². The van der Waals surface area contributed by atoms with Gasteiger partial charge in [-0.2, -0.15) is 0 Å². The topological polar surface area (TPSA) is 85.1 Å². The first-order chi connectivity index (χ1) is 10.0. The number of non-ortho nitro benzene ring substituents is 1. The highest BCUT2D eigenvalue weighted by atomic mass is 35.5. The van der Waals surface area contributed by atoms with Crippen molar-refractivity contribution in [2.45, 2.75) is 5.03 Å². The fourth-order valence-corrected chi connectivity index (χ4v) is 2.20. The van der Waals surface area contributed by atoms with Crippen LogP contribution in [0.3, 0.4) is 0 Å². The van der Waals surface area contributed by atoms with Gasteiger partial charge in [0, 0.05) is 12.1 Å². The summed E-state index contributed by atoms with van der Waals surface area (Å²) < 4.78 is 0. The first-order valence-corrected chi connectivity index (χ1v) is 7.37. The quantitative estimate of drug-likeness (QED) is 0.527. The molecule has 108 valence electrons. The lowest BCUT2D eigenvalue weighted by Gasteiger charge is -2.06. The molecular formula is C13H10ClN3O3S. The highest BCUT2D eigenvalue weighted by Gasteiger charge is 2.15. The summed E-state index contributed by atoms with van der Waals surface area (Å²) in [4.78, 5) is 26.3. The largest absolute Gasteiger partial charge is 0.321 e. The van der Waals surface area contributed by atoms with E-state index in [1.807, 2.05) is 6.26 Å². The van der Waals surface area contributed by atoms with Gasteiger partial charge >= 0.3 is 0 Å². The fraction of sp³-hybridized carbons (Fsp3) is 0.0769. The van der Waals surface area contributed by atoms with Gasteiger partial charge in [-0.3, -0.25) is 14.9 Å². The van der Waals surface area contributed by atoms with Crippen molar-refractivity contribution in [2.24, 2.45) is 0 Å². The van der Waals surface area contributed by atoms with Gasteiger partial charge in [-0.1, -0.05) is 11.6 Å². The molecule has 0 aliphatic carbocycles. The predicted molar refractivity (Wildman–Crippen MR) is 82.1 cm³/mol. The van der Waals surface area contributed by atoms with E-state index in [-0.39, 0.29) is 16.3 Å². The van der Waals surface area contributed by atoms with E-state index >= 15 is 0 Å². The number of carbonyl (C=O) groups excluding carboxylic acids is 1. The summed E-state index contributed by atoms with van der Waals surface area (Å²) >= 11 is 7.39. The van der Waals surface area contributed by atoms with Gasteiger partial charge in [0.15, 0.2) is 0 Å². The molecule has 0 aliphatic rings. The molecule has 1 aromatic heterocycles. The number of hydrogen-bond acceptors (Lipinski definition) is 5. The van der Waals surface area contributed by atoms with E-state index in [9.17, 15) is 14.9 Å². The molecule has 0 aliphatic heterocycles. The fourth-order valence-electron chi connectivity index (χ4n) is 1.58. The summed E-state index contributed by atoms with van der Waals surface area (Å²) in [6.07, 6.45) is 3.43. The van der Waals surface area contributed by atoms with Crippen molar-refractivity contribution in [3.8, 4) is 0 Å². The SMILES string of the molecule is CSc1ccc(NC(=O)c2ccc([N+](=O)[O-])cc2Cl)cn1. The number of rotatable bonds is 4. The lowest BCUT2D eigenvalue weighted by molar-refractivity contribution is -0.384. The van der Waals surface area contributed by atoms with Crippen LogP contribution in [0.15, 0.2) is 41.6 Å². The van der Waals surface area contributed by atoms with Gasteiger partial charge in [-0.15, -0.1) is 11.8 Å². The first kappa shape index (κ1) is 15.3. The van der Waals surface area contributed by atoms with Crippen LogP contribution in [0.5, 0.6) is 0 Å². The van der Waals surface area contributed by atoms with Crippen LogP contribution in [0, 0.1) is 10.1 Å². The average Bonchev–Trinajstić information content (AvgIpc) is 2.47. The normalized spacial score (nSPS) is 10.2. The molecule has 0 saturated carbocycles. The van der Waals surface area contributed by atoms with Gasteiger partial charge in [-0.05, 0) is 24.5 Å². The number of pyridine rings is 1. The van der Waals surface area contributed by atoms with Gasteiger partial charge in [0.1, 0.15) is 0 Å². The number of carbonyl (C=O) groups is 1. The molecule has 6 nitrogen and oxygen atoms in total. The zero-order chi connectivity index (χ0) is 15.4. The van der Waals surface area contributed by atoms with Crippen LogP contribution in [0.1, 0.15) is 10.4 Å². The Morgan fingerprint density at radius 1 is 1.38 bits per heavy atom. The number of aromatic nitrogens is 1. The van der Waals surface area contributed by atoms with Crippen LogP contribution < -0.4 is 5.32 Å². The van der Waals surface area contributed by atoms with Crippen molar-refractivity contribution in [3.63, 3.8) is 0 Å². The summed E-state index contributed by atoms with van der Waals surface area (Å²) in [6.45, 7) is 0. The molecule has 0 fully saturated rings. The van der Waals surface area contributed by atoms with E-state index < -0.39 is 10.8 Å². The molecule has 1 amide bonds. The molecule has 1 aromatic carbocycles. The second kappa shape index (κ2) is 6.55. The highest BCUT2D eigenvalue weighted by molar-refractivity contribution is 7.98. The van der Waals surface area contributed by atoms with Crippen molar-refractivity contribution < 1.29 is 9.72 Å². The summed E-state index contributed by atoms with van der Waals surface area (Å²) in [5.74, 6) is -0.450. The maximum atomic E-state index is 12.1. The molecule has 0 bridgehead atoms. The lowest BCUT2D eigenvalue weighted by atomic mass is 10.2. The Labute approximate surface area is 129 Å². The maximum Gasteiger partial charge on any atom is 0.270 e. The summed E-state index contributed by atoms with van der Waals surface area (Å²) in [7, 11) is 0. The summed E-state index contributed by atoms with van der Waals surface area (Å²) in [5, 5.41) is 14.1. The molecule has 2 rings (SSSR count). The second-order valence-electron chi connectivity index (χ2n) is 3.96. The average molecular weight is 324 g/mol. The smallest absolute Gasteiger partial charge is 0.270 e. The predicted octanol–water partition coefficient (Wildman–Crippen LogP) is 3.62. The number of halogens is 1. The van der Waals surface area contributed by atoms with Crippen LogP contribution >= 0.6 is 23.4 Å². The molecule has 21 heavy (non-hydrogen) atoms. The molecule has 1 N–H and O–H groups in total. The van der Waals surface area contributed by atoms with E-state index in [0.29, 0.717) is 5.69 Å². The molecular weight excluding hydrogens is 314 g/mol. The Morgan fingerprint density at radius 3 is 2.67 bits per heavy atom. The number of hydrogen-bond donors (Lipinski definition) is 1. The Hall–Kier alpha value is -2.12. The molecule has 0 saturated heterocycles. The zero-order valence-corrected chi connectivity index (χ0v) is 12.4. The first-order valence-electron chi connectivity index (χ1n) is 5.76. The number of nitro benzene ring substituents is 1. The monoisotopic (exact) mass is 323 g/mol. The van der Waals surface area contributed by atoms with Gasteiger partial charge in [0.05, 0.1) is 32.4 Å². The zero-order valence-electron chi connectivity index (χ0n) is 10.9. The number of nitrogens with zero attached hydrogens (tertiary/aromatic N) is 2. The maximum absolute atomic E-state index is 12.1. The van der Waals surface area contributed by atoms with Crippen molar-refractivity contribution >= 4 is 40.6 Å². The summed E-state index contributed by atoms with van der Waals surface area (Å²) in [6, 6.07) is 7.19. The van der Waals surface area contributed by atoms with Crippen LogP contribution in [-0.2, 0) is 0 Å². The number of thioether (sulfide) groups is 1. The highest BCUT2D eigenvalue weighted by Crippen LogP contribution is 2.23. The van der Waals surface area contributed by atoms with Gasteiger partial charge in [-0.25, -0.2) is 4.98 Å². The van der Waals surface area contributed by atoms with Crippen molar-refractivity contribution in [3.05, 3.63) is 57.2 Å². The molecule has 8 heteroatoms. The Bertz CT molecular complexity index is 692. The lowest BCUT2D eigenvalue weighted by Crippen LogP contribution is -2.12. The third-order valence-corrected chi connectivity index (χ3v) is 3.58. The van der Waals surface area contributed by atoms with Crippen molar-refractivity contribution in [1.29, 1.82) is 0 Å². The molecule has 0 unspecified atom stereocenters. The van der Waals surface area contributed by atoms with Gasteiger partial charge in [0.2, 0.25) is 0 Å². The number of nitrogens with one attached hydrogen (secondary N) is 1. The Morgan fingerprint density at radius 2 is 2.14 bits per heavy atom. The van der Waals surface area contributed by atoms with Crippen LogP contribution in [0.2, 0.25) is 5.02 Å². The number of amides is 1. The third-order valence-electron chi connectivity index (χ3n) is 2.61. The molecule has 0 radical (unpaired) electrons. The van der Waals surface area contributed by atoms with Crippen molar-refractivity contribution in [2.75, 3.05) is 11.6 Å². The van der Waals surface area contributed by atoms with E-state index in [4.69, 9.17) is 11.6 Å². The molecule has 2 aromatic rings. The molecule has 0 atom stereocenters. The number of benzene rings is 1. The van der Waals surface area contributed by atoms with E-state index in [0.717, 1.165) is 11.1 Å².